The second-order valence-electron chi connectivity index (χ2n) is 4.98. The fourth-order valence-electron chi connectivity index (χ4n) is 2.61. The first kappa shape index (κ1) is 13.8. The Morgan fingerprint density at radius 1 is 1.05 bits per heavy atom. The van der Waals surface area contributed by atoms with Gasteiger partial charge in [-0.2, -0.15) is 0 Å². The lowest BCUT2D eigenvalue weighted by atomic mass is 10.1. The number of fused-ring (bicyclic) bond motifs is 1. The molecule has 0 aromatic heterocycles. The summed E-state index contributed by atoms with van der Waals surface area (Å²) in [5.74, 6) is 0.540. The number of halogens is 2. The number of alkyl halides is 1. The molecular weight excluding hydrogens is 336 g/mol. The van der Waals surface area contributed by atoms with Crippen molar-refractivity contribution in [2.45, 2.75) is 5.88 Å². The Kier molecular flexibility index (Phi) is 3.90. The van der Waals surface area contributed by atoms with Crippen LogP contribution in [0.2, 0.25) is 0 Å². The molecular formula is C16H16BrClN2. The molecule has 0 unspecified atom stereocenters. The summed E-state index contributed by atoms with van der Waals surface area (Å²) in [5, 5.41) is 0. The molecule has 4 heteroatoms. The smallest absolute Gasteiger partial charge is 0.0649 e. The van der Waals surface area contributed by atoms with Crippen molar-refractivity contribution < 1.29 is 0 Å². The molecule has 1 heterocycles. The van der Waals surface area contributed by atoms with Gasteiger partial charge in [0.15, 0.2) is 0 Å². The first-order valence-corrected chi connectivity index (χ1v) is 7.95. The summed E-state index contributed by atoms with van der Waals surface area (Å²) in [5.41, 5.74) is 4.84. The van der Waals surface area contributed by atoms with Crippen molar-refractivity contribution in [1.29, 1.82) is 0 Å². The maximum Gasteiger partial charge on any atom is 0.0649 e. The lowest BCUT2D eigenvalue weighted by Crippen LogP contribution is -2.36. The molecule has 2 aromatic rings. The maximum absolute atomic E-state index is 5.90. The van der Waals surface area contributed by atoms with E-state index in [2.05, 4.69) is 75.2 Å². The molecule has 0 bridgehead atoms. The molecule has 0 saturated carbocycles. The molecule has 2 aromatic carbocycles. The fourth-order valence-corrected chi connectivity index (χ4v) is 3.42. The van der Waals surface area contributed by atoms with E-state index < -0.39 is 0 Å². The van der Waals surface area contributed by atoms with Crippen LogP contribution in [0.5, 0.6) is 0 Å². The predicted octanol–water partition coefficient (Wildman–Crippen LogP) is 4.78. The van der Waals surface area contributed by atoms with Gasteiger partial charge in [0.1, 0.15) is 0 Å². The molecule has 1 aliphatic rings. The number of para-hydroxylation sites is 2. The molecule has 0 atom stereocenters. The largest absolute Gasteiger partial charge is 0.371 e. The number of benzene rings is 2. The lowest BCUT2D eigenvalue weighted by Gasteiger charge is -2.37. The van der Waals surface area contributed by atoms with Gasteiger partial charge in [0, 0.05) is 30.5 Å². The van der Waals surface area contributed by atoms with E-state index in [0.29, 0.717) is 5.88 Å². The van der Waals surface area contributed by atoms with Crippen LogP contribution in [-0.2, 0) is 5.88 Å². The number of nitrogens with zero attached hydrogens (tertiary/aromatic N) is 2. The standard InChI is InChI=1S/C16H16BrClN2/c1-19-8-9-20(16-5-3-2-4-15(16)19)14-7-6-12(11-18)10-13(14)17/h2-7,10H,8-9,11H2,1H3. The van der Waals surface area contributed by atoms with Crippen LogP contribution in [-0.4, -0.2) is 20.1 Å². The van der Waals surface area contributed by atoms with E-state index in [1.54, 1.807) is 0 Å². The van der Waals surface area contributed by atoms with Gasteiger partial charge in [-0.3, -0.25) is 0 Å². The zero-order valence-corrected chi connectivity index (χ0v) is 13.7. The number of hydrogen-bond donors (Lipinski definition) is 0. The van der Waals surface area contributed by atoms with E-state index >= 15 is 0 Å². The van der Waals surface area contributed by atoms with E-state index in [-0.39, 0.29) is 0 Å². The van der Waals surface area contributed by atoms with Crippen LogP contribution in [0.3, 0.4) is 0 Å². The van der Waals surface area contributed by atoms with Crippen LogP contribution in [0.1, 0.15) is 5.56 Å². The molecule has 0 aliphatic carbocycles. The Balaban J connectivity index is 2.05. The first-order valence-electron chi connectivity index (χ1n) is 6.63. The second kappa shape index (κ2) is 5.66. The summed E-state index contributed by atoms with van der Waals surface area (Å²) < 4.78 is 1.09. The van der Waals surface area contributed by atoms with E-state index in [9.17, 15) is 0 Å². The summed E-state index contributed by atoms with van der Waals surface area (Å²) in [6.07, 6.45) is 0. The molecule has 1 aliphatic heterocycles. The highest BCUT2D eigenvalue weighted by Crippen LogP contribution is 2.40. The van der Waals surface area contributed by atoms with Gasteiger partial charge in [0.2, 0.25) is 0 Å². The third kappa shape index (κ3) is 2.40. The van der Waals surface area contributed by atoms with Gasteiger partial charge >= 0.3 is 0 Å². The number of anilines is 3. The van der Waals surface area contributed by atoms with Crippen molar-refractivity contribution in [2.75, 3.05) is 29.9 Å². The average Bonchev–Trinajstić information content (AvgIpc) is 2.48. The molecule has 20 heavy (non-hydrogen) atoms. The monoisotopic (exact) mass is 350 g/mol. The molecule has 104 valence electrons. The minimum absolute atomic E-state index is 0.540. The van der Waals surface area contributed by atoms with Crippen molar-refractivity contribution in [3.8, 4) is 0 Å². The third-order valence-electron chi connectivity index (χ3n) is 3.70. The summed E-state index contributed by atoms with van der Waals surface area (Å²) in [6, 6.07) is 14.9. The Hall–Kier alpha value is -1.19. The van der Waals surface area contributed by atoms with E-state index in [0.717, 1.165) is 23.1 Å². The number of hydrogen-bond acceptors (Lipinski definition) is 2. The van der Waals surface area contributed by atoms with Gasteiger partial charge in [0.25, 0.3) is 0 Å². The molecule has 0 spiro atoms. The van der Waals surface area contributed by atoms with Crippen molar-refractivity contribution in [3.05, 3.63) is 52.5 Å². The summed E-state index contributed by atoms with van der Waals surface area (Å²) >= 11 is 9.57. The maximum atomic E-state index is 5.90. The van der Waals surface area contributed by atoms with E-state index in [1.807, 2.05) is 0 Å². The highest BCUT2D eigenvalue weighted by Gasteiger charge is 2.22. The molecule has 2 nitrogen and oxygen atoms in total. The van der Waals surface area contributed by atoms with Crippen molar-refractivity contribution in [2.24, 2.45) is 0 Å². The van der Waals surface area contributed by atoms with Gasteiger partial charge in [-0.1, -0.05) is 18.2 Å². The Morgan fingerprint density at radius 2 is 1.80 bits per heavy atom. The minimum Gasteiger partial charge on any atom is -0.371 e. The van der Waals surface area contributed by atoms with Gasteiger partial charge in [-0.15, -0.1) is 11.6 Å². The van der Waals surface area contributed by atoms with Crippen molar-refractivity contribution in [1.82, 2.24) is 0 Å². The van der Waals surface area contributed by atoms with Gasteiger partial charge < -0.3 is 9.80 Å². The number of likely N-dealkylation sites (N-methyl/N-ethyl adjacent to an activating group) is 1. The summed E-state index contributed by atoms with van der Waals surface area (Å²) in [6.45, 7) is 1.99. The van der Waals surface area contributed by atoms with Gasteiger partial charge in [0.05, 0.1) is 17.1 Å². The topological polar surface area (TPSA) is 6.48 Å². The first-order chi connectivity index (χ1) is 9.70. The zero-order chi connectivity index (χ0) is 14.1. The van der Waals surface area contributed by atoms with Crippen molar-refractivity contribution >= 4 is 44.6 Å². The van der Waals surface area contributed by atoms with Crippen LogP contribution in [0.25, 0.3) is 0 Å². The van der Waals surface area contributed by atoms with Crippen molar-refractivity contribution in [3.63, 3.8) is 0 Å². The lowest BCUT2D eigenvalue weighted by molar-refractivity contribution is 0.821. The second-order valence-corrected chi connectivity index (χ2v) is 6.10. The molecule has 0 radical (unpaired) electrons. The third-order valence-corrected chi connectivity index (χ3v) is 4.64. The van der Waals surface area contributed by atoms with Crippen LogP contribution >= 0.6 is 27.5 Å². The van der Waals surface area contributed by atoms with Crippen LogP contribution in [0, 0.1) is 0 Å². The molecule has 3 rings (SSSR count). The van der Waals surface area contributed by atoms with Gasteiger partial charge in [-0.25, -0.2) is 0 Å². The molecule has 0 fully saturated rings. The van der Waals surface area contributed by atoms with E-state index in [1.165, 1.54) is 17.1 Å². The molecule has 0 N–H and O–H groups in total. The van der Waals surface area contributed by atoms with Gasteiger partial charge in [-0.05, 0) is 45.8 Å². The normalized spacial score (nSPS) is 14.3. The fraction of sp³-hybridized carbons (Fsp3) is 0.250. The SMILES string of the molecule is CN1CCN(c2ccc(CCl)cc2Br)c2ccccc21. The highest BCUT2D eigenvalue weighted by atomic mass is 79.9. The quantitative estimate of drug-likeness (QED) is 0.719. The molecule has 0 saturated heterocycles. The van der Waals surface area contributed by atoms with E-state index in [4.69, 9.17) is 11.6 Å². The Labute approximate surface area is 133 Å². The summed E-state index contributed by atoms with van der Waals surface area (Å²) in [4.78, 5) is 4.66. The minimum atomic E-state index is 0.540. The van der Waals surface area contributed by atoms with Crippen LogP contribution in [0.4, 0.5) is 17.1 Å². The molecule has 0 amide bonds. The zero-order valence-electron chi connectivity index (χ0n) is 11.3. The Bertz CT molecular complexity index is 630. The summed E-state index contributed by atoms with van der Waals surface area (Å²) in [7, 11) is 2.14. The van der Waals surface area contributed by atoms with Crippen LogP contribution in [0.15, 0.2) is 46.9 Å². The number of rotatable bonds is 2. The Morgan fingerprint density at radius 3 is 2.50 bits per heavy atom. The highest BCUT2D eigenvalue weighted by molar-refractivity contribution is 9.10. The van der Waals surface area contributed by atoms with Crippen LogP contribution < -0.4 is 9.80 Å². The average molecular weight is 352 g/mol. The predicted molar refractivity (Wildman–Crippen MR) is 90.4 cm³/mol.